The molecule has 2 rings (SSSR count). The van der Waals surface area contributed by atoms with Gasteiger partial charge >= 0.3 is 0 Å². The minimum absolute atomic E-state index is 0.273. The van der Waals surface area contributed by atoms with Gasteiger partial charge in [-0.2, -0.15) is 0 Å². The molecule has 0 spiro atoms. The van der Waals surface area contributed by atoms with Crippen LogP contribution in [0.25, 0.3) is 0 Å². The Morgan fingerprint density at radius 3 is 2.64 bits per heavy atom. The first-order valence-corrected chi connectivity index (χ1v) is 5.56. The van der Waals surface area contributed by atoms with Gasteiger partial charge < -0.3 is 5.32 Å². The van der Waals surface area contributed by atoms with Crippen molar-refractivity contribution in [2.24, 2.45) is 10.8 Å². The van der Waals surface area contributed by atoms with Gasteiger partial charge in [-0.3, -0.25) is 0 Å². The van der Waals surface area contributed by atoms with Gasteiger partial charge in [0.2, 0.25) is 0 Å². The summed E-state index contributed by atoms with van der Waals surface area (Å²) >= 11 is 0. The van der Waals surface area contributed by atoms with Crippen LogP contribution in [0.4, 0.5) is 0 Å². The van der Waals surface area contributed by atoms with E-state index in [2.05, 4.69) is 45.2 Å². The molecule has 0 unspecified atom stereocenters. The van der Waals surface area contributed by atoms with E-state index in [0.717, 1.165) is 13.1 Å². The van der Waals surface area contributed by atoms with Crippen LogP contribution in [0.1, 0.15) is 34.1 Å². The first-order chi connectivity index (χ1) is 6.47. The summed E-state index contributed by atoms with van der Waals surface area (Å²) in [5.41, 5.74) is 3.81. The molecule has 0 radical (unpaired) electrons. The first kappa shape index (κ1) is 9.97. The molecule has 0 aromatic carbocycles. The molecule has 1 aliphatic heterocycles. The second-order valence-electron chi connectivity index (χ2n) is 5.53. The summed E-state index contributed by atoms with van der Waals surface area (Å²) in [6.07, 6.45) is 6.02. The number of hydrogen-bond donors (Lipinski definition) is 1. The van der Waals surface area contributed by atoms with Crippen molar-refractivity contribution in [2.45, 2.75) is 34.1 Å². The van der Waals surface area contributed by atoms with Gasteiger partial charge in [0.25, 0.3) is 0 Å². The summed E-state index contributed by atoms with van der Waals surface area (Å²) in [5.74, 6) is 0. The monoisotopic (exact) mass is 191 g/mol. The van der Waals surface area contributed by atoms with Gasteiger partial charge in [-0.25, -0.2) is 0 Å². The van der Waals surface area contributed by atoms with Gasteiger partial charge in [0.1, 0.15) is 0 Å². The number of nitrogens with one attached hydrogen (secondary N) is 1. The van der Waals surface area contributed by atoms with E-state index in [1.54, 1.807) is 5.57 Å². The Bertz CT molecular complexity index is 309. The van der Waals surface area contributed by atoms with E-state index < -0.39 is 0 Å². The second kappa shape index (κ2) is 2.96. The average molecular weight is 191 g/mol. The molecule has 78 valence electrons. The van der Waals surface area contributed by atoms with Gasteiger partial charge in [-0.1, -0.05) is 44.1 Å². The lowest BCUT2D eigenvalue weighted by Crippen LogP contribution is -2.44. The standard InChI is InChI=1S/C13H21N/c1-10-5-7-13(4)9-14-8-6-11(13)12(10,2)3/h5-6,14H,7-9H2,1-4H3/t13-/m1/s1. The minimum Gasteiger partial charge on any atom is -0.312 e. The summed E-state index contributed by atoms with van der Waals surface area (Å²) in [6.45, 7) is 11.5. The van der Waals surface area contributed by atoms with E-state index in [-0.39, 0.29) is 5.41 Å². The van der Waals surface area contributed by atoms with Crippen molar-refractivity contribution in [1.82, 2.24) is 5.32 Å². The third kappa shape index (κ3) is 1.26. The Morgan fingerprint density at radius 2 is 1.93 bits per heavy atom. The van der Waals surface area contributed by atoms with Crippen LogP contribution >= 0.6 is 0 Å². The van der Waals surface area contributed by atoms with E-state index in [9.17, 15) is 0 Å². The first-order valence-electron chi connectivity index (χ1n) is 5.56. The van der Waals surface area contributed by atoms with Crippen molar-refractivity contribution in [3.8, 4) is 0 Å². The van der Waals surface area contributed by atoms with Gasteiger partial charge in [-0.15, -0.1) is 0 Å². The smallest absolute Gasteiger partial charge is 0.0138 e. The van der Waals surface area contributed by atoms with Crippen LogP contribution in [0.2, 0.25) is 0 Å². The Balaban J connectivity index is 2.49. The van der Waals surface area contributed by atoms with Gasteiger partial charge in [0.05, 0.1) is 0 Å². The predicted octanol–water partition coefficient (Wildman–Crippen LogP) is 2.90. The van der Waals surface area contributed by atoms with Gasteiger partial charge in [0, 0.05) is 23.9 Å². The molecule has 0 saturated heterocycles. The van der Waals surface area contributed by atoms with Crippen LogP contribution < -0.4 is 5.32 Å². The lowest BCUT2D eigenvalue weighted by molar-refractivity contribution is 0.276. The second-order valence-corrected chi connectivity index (χ2v) is 5.53. The largest absolute Gasteiger partial charge is 0.312 e. The Morgan fingerprint density at radius 1 is 1.21 bits per heavy atom. The molecular formula is C13H21N. The summed E-state index contributed by atoms with van der Waals surface area (Å²) < 4.78 is 0. The summed E-state index contributed by atoms with van der Waals surface area (Å²) in [4.78, 5) is 0. The van der Waals surface area contributed by atoms with Gasteiger partial charge in [-0.05, 0) is 13.3 Å². The molecule has 0 fully saturated rings. The molecule has 14 heavy (non-hydrogen) atoms. The molecule has 1 heteroatoms. The number of allylic oxidation sites excluding steroid dienone is 2. The summed E-state index contributed by atoms with van der Waals surface area (Å²) in [5, 5.41) is 3.47. The van der Waals surface area contributed by atoms with Crippen LogP contribution in [-0.2, 0) is 0 Å². The molecule has 1 nitrogen and oxygen atoms in total. The van der Waals surface area contributed by atoms with Crippen molar-refractivity contribution < 1.29 is 0 Å². The van der Waals surface area contributed by atoms with E-state index in [0.29, 0.717) is 5.41 Å². The highest BCUT2D eigenvalue weighted by atomic mass is 14.9. The zero-order chi connectivity index (χ0) is 10.4. The summed E-state index contributed by atoms with van der Waals surface area (Å²) in [6, 6.07) is 0. The molecular weight excluding hydrogens is 170 g/mol. The maximum absolute atomic E-state index is 3.47. The topological polar surface area (TPSA) is 12.0 Å². The highest BCUT2D eigenvalue weighted by molar-refractivity contribution is 5.37. The van der Waals surface area contributed by atoms with Crippen molar-refractivity contribution in [3.63, 3.8) is 0 Å². The fraction of sp³-hybridized carbons (Fsp3) is 0.692. The maximum Gasteiger partial charge on any atom is 0.0138 e. The molecule has 0 amide bonds. The summed E-state index contributed by atoms with van der Waals surface area (Å²) in [7, 11) is 0. The van der Waals surface area contributed by atoms with Crippen molar-refractivity contribution in [3.05, 3.63) is 23.3 Å². The molecule has 1 aliphatic carbocycles. The lowest BCUT2D eigenvalue weighted by Gasteiger charge is -2.47. The number of fused-ring (bicyclic) bond motifs is 1. The Labute approximate surface area is 87.3 Å². The molecule has 0 saturated carbocycles. The fourth-order valence-corrected chi connectivity index (χ4v) is 2.90. The fourth-order valence-electron chi connectivity index (χ4n) is 2.90. The molecule has 0 bridgehead atoms. The SMILES string of the molecule is CC1=CC[C@]2(C)CNCC=C2C1(C)C. The van der Waals surface area contributed by atoms with Crippen LogP contribution in [0.3, 0.4) is 0 Å². The molecule has 1 heterocycles. The van der Waals surface area contributed by atoms with E-state index in [4.69, 9.17) is 0 Å². The maximum atomic E-state index is 3.47. The highest BCUT2D eigenvalue weighted by Crippen LogP contribution is 2.50. The van der Waals surface area contributed by atoms with Crippen molar-refractivity contribution in [2.75, 3.05) is 13.1 Å². The van der Waals surface area contributed by atoms with Crippen LogP contribution in [-0.4, -0.2) is 13.1 Å². The molecule has 2 aliphatic rings. The normalized spacial score (nSPS) is 35.7. The molecule has 0 aromatic rings. The van der Waals surface area contributed by atoms with Gasteiger partial charge in [0.15, 0.2) is 0 Å². The quantitative estimate of drug-likeness (QED) is 0.581. The zero-order valence-corrected chi connectivity index (χ0v) is 9.78. The third-order valence-corrected chi connectivity index (χ3v) is 4.13. The minimum atomic E-state index is 0.273. The Hall–Kier alpha value is -0.560. The predicted molar refractivity (Wildman–Crippen MR) is 61.2 cm³/mol. The number of hydrogen-bond acceptors (Lipinski definition) is 1. The highest BCUT2D eigenvalue weighted by Gasteiger charge is 2.42. The molecule has 0 aromatic heterocycles. The zero-order valence-electron chi connectivity index (χ0n) is 9.78. The number of rotatable bonds is 0. The average Bonchev–Trinajstić information content (AvgIpc) is 2.13. The molecule has 1 N–H and O–H groups in total. The van der Waals surface area contributed by atoms with Crippen LogP contribution in [0.15, 0.2) is 23.3 Å². The van der Waals surface area contributed by atoms with E-state index in [1.165, 1.54) is 12.0 Å². The third-order valence-electron chi connectivity index (χ3n) is 4.13. The lowest BCUT2D eigenvalue weighted by atomic mass is 9.60. The van der Waals surface area contributed by atoms with E-state index >= 15 is 0 Å². The van der Waals surface area contributed by atoms with Crippen LogP contribution in [0.5, 0.6) is 0 Å². The van der Waals surface area contributed by atoms with E-state index in [1.807, 2.05) is 0 Å². The Kier molecular flexibility index (Phi) is 2.11. The van der Waals surface area contributed by atoms with Crippen molar-refractivity contribution in [1.29, 1.82) is 0 Å². The van der Waals surface area contributed by atoms with Crippen molar-refractivity contribution >= 4 is 0 Å². The molecule has 1 atom stereocenters. The van der Waals surface area contributed by atoms with Crippen LogP contribution in [0, 0.1) is 10.8 Å².